The summed E-state index contributed by atoms with van der Waals surface area (Å²) in [6, 6.07) is 5.74. The zero-order valence-electron chi connectivity index (χ0n) is 12.1. The highest BCUT2D eigenvalue weighted by atomic mass is 79.9. The van der Waals surface area contributed by atoms with Crippen molar-refractivity contribution in [3.8, 4) is 5.75 Å². The molecule has 0 atom stereocenters. The van der Waals surface area contributed by atoms with Crippen LogP contribution >= 0.6 is 15.9 Å². The Morgan fingerprint density at radius 3 is 2.80 bits per heavy atom. The van der Waals surface area contributed by atoms with Gasteiger partial charge >= 0.3 is 0 Å². The summed E-state index contributed by atoms with van der Waals surface area (Å²) in [6.45, 7) is 2.12. The molecule has 0 fully saturated rings. The highest BCUT2D eigenvalue weighted by Gasteiger charge is 2.09. The van der Waals surface area contributed by atoms with Gasteiger partial charge in [-0.2, -0.15) is 0 Å². The fourth-order valence-corrected chi connectivity index (χ4v) is 1.90. The predicted octanol–water partition coefficient (Wildman–Crippen LogP) is 1.65. The van der Waals surface area contributed by atoms with Gasteiger partial charge in [-0.3, -0.25) is 4.79 Å². The van der Waals surface area contributed by atoms with Crippen LogP contribution in [-0.4, -0.2) is 51.8 Å². The number of carbonyl (C=O) groups is 1. The number of benzene rings is 1. The molecule has 0 saturated heterocycles. The van der Waals surface area contributed by atoms with E-state index in [2.05, 4.69) is 21.2 Å². The van der Waals surface area contributed by atoms with E-state index in [-0.39, 0.29) is 12.5 Å². The van der Waals surface area contributed by atoms with Gasteiger partial charge < -0.3 is 19.7 Å². The minimum absolute atomic E-state index is 0.0414. The summed E-state index contributed by atoms with van der Waals surface area (Å²) in [4.78, 5) is 13.1. The number of amides is 1. The molecule has 1 aromatic rings. The fourth-order valence-electron chi connectivity index (χ4n) is 1.49. The van der Waals surface area contributed by atoms with Crippen LogP contribution in [0.15, 0.2) is 22.7 Å². The summed E-state index contributed by atoms with van der Waals surface area (Å²) < 4.78 is 11.6. The SMILES string of the molecule is COCCNCc1cc(Br)ccc1OCC(=O)N(C)C. The van der Waals surface area contributed by atoms with E-state index in [0.717, 1.165) is 16.6 Å². The van der Waals surface area contributed by atoms with Crippen LogP contribution in [0.5, 0.6) is 5.75 Å². The zero-order chi connectivity index (χ0) is 15.0. The average molecular weight is 345 g/mol. The van der Waals surface area contributed by atoms with E-state index in [1.165, 1.54) is 4.90 Å². The van der Waals surface area contributed by atoms with Gasteiger partial charge in [-0.15, -0.1) is 0 Å². The molecule has 0 bridgehead atoms. The Hall–Kier alpha value is -1.11. The van der Waals surface area contributed by atoms with E-state index in [9.17, 15) is 4.79 Å². The molecule has 0 aliphatic heterocycles. The van der Waals surface area contributed by atoms with E-state index < -0.39 is 0 Å². The molecule has 6 heteroatoms. The largest absolute Gasteiger partial charge is 0.483 e. The summed E-state index contributed by atoms with van der Waals surface area (Å²) >= 11 is 3.44. The maximum Gasteiger partial charge on any atom is 0.259 e. The summed E-state index contributed by atoms with van der Waals surface area (Å²) in [5.74, 6) is 0.652. The van der Waals surface area contributed by atoms with Crippen LogP contribution in [0.25, 0.3) is 0 Å². The molecule has 0 radical (unpaired) electrons. The van der Waals surface area contributed by atoms with E-state index in [4.69, 9.17) is 9.47 Å². The second-order valence-corrected chi connectivity index (χ2v) is 5.41. The first-order chi connectivity index (χ1) is 9.54. The molecule has 1 amide bonds. The Morgan fingerprint density at radius 1 is 1.40 bits per heavy atom. The van der Waals surface area contributed by atoms with Gasteiger partial charge in [0.2, 0.25) is 0 Å². The Kier molecular flexibility index (Phi) is 7.58. The Bertz CT molecular complexity index is 438. The third-order valence-electron chi connectivity index (χ3n) is 2.67. The van der Waals surface area contributed by atoms with Crippen LogP contribution in [0.1, 0.15) is 5.56 Å². The maximum absolute atomic E-state index is 11.6. The minimum Gasteiger partial charge on any atom is -0.483 e. The molecule has 0 aromatic heterocycles. The number of methoxy groups -OCH3 is 1. The number of carbonyl (C=O) groups excluding carboxylic acids is 1. The lowest BCUT2D eigenvalue weighted by molar-refractivity contribution is -0.130. The number of rotatable bonds is 8. The molecule has 112 valence electrons. The van der Waals surface area contributed by atoms with Crippen LogP contribution in [0.4, 0.5) is 0 Å². The van der Waals surface area contributed by atoms with E-state index in [1.54, 1.807) is 21.2 Å². The lowest BCUT2D eigenvalue weighted by Gasteiger charge is -2.14. The molecule has 0 heterocycles. The van der Waals surface area contributed by atoms with Crippen LogP contribution in [0.2, 0.25) is 0 Å². The molecule has 1 N–H and O–H groups in total. The molecule has 0 unspecified atom stereocenters. The second kappa shape index (κ2) is 8.94. The summed E-state index contributed by atoms with van der Waals surface area (Å²) in [6.07, 6.45) is 0. The number of likely N-dealkylation sites (N-methyl/N-ethyl adjacent to an activating group) is 1. The summed E-state index contributed by atoms with van der Waals surface area (Å²) in [7, 11) is 5.09. The van der Waals surface area contributed by atoms with Crippen LogP contribution < -0.4 is 10.1 Å². The predicted molar refractivity (Wildman–Crippen MR) is 81.9 cm³/mol. The van der Waals surface area contributed by atoms with Crippen LogP contribution in [0, 0.1) is 0 Å². The number of nitrogens with one attached hydrogen (secondary N) is 1. The Labute approximate surface area is 128 Å². The van der Waals surface area contributed by atoms with Crippen molar-refractivity contribution in [1.29, 1.82) is 0 Å². The van der Waals surface area contributed by atoms with Gasteiger partial charge in [0.05, 0.1) is 6.61 Å². The highest BCUT2D eigenvalue weighted by molar-refractivity contribution is 9.10. The lowest BCUT2D eigenvalue weighted by atomic mass is 10.2. The van der Waals surface area contributed by atoms with Gasteiger partial charge in [-0.1, -0.05) is 15.9 Å². The van der Waals surface area contributed by atoms with Gasteiger partial charge in [0.15, 0.2) is 6.61 Å². The lowest BCUT2D eigenvalue weighted by Crippen LogP contribution is -2.28. The zero-order valence-corrected chi connectivity index (χ0v) is 13.7. The smallest absolute Gasteiger partial charge is 0.259 e. The molecule has 20 heavy (non-hydrogen) atoms. The van der Waals surface area contributed by atoms with E-state index in [0.29, 0.717) is 18.9 Å². The second-order valence-electron chi connectivity index (χ2n) is 4.50. The Morgan fingerprint density at radius 2 is 2.15 bits per heavy atom. The molecular weight excluding hydrogens is 324 g/mol. The summed E-state index contributed by atoms with van der Waals surface area (Å²) in [5.41, 5.74) is 1.00. The van der Waals surface area contributed by atoms with E-state index >= 15 is 0 Å². The molecule has 1 aromatic carbocycles. The average Bonchev–Trinajstić information content (AvgIpc) is 2.42. The van der Waals surface area contributed by atoms with Crippen molar-refractivity contribution in [2.45, 2.75) is 6.54 Å². The third-order valence-corrected chi connectivity index (χ3v) is 3.16. The first kappa shape index (κ1) is 16.9. The summed E-state index contributed by atoms with van der Waals surface area (Å²) in [5, 5.41) is 3.26. The van der Waals surface area contributed by atoms with Crippen molar-refractivity contribution < 1.29 is 14.3 Å². The number of hydrogen-bond acceptors (Lipinski definition) is 4. The molecule has 1 rings (SSSR count). The van der Waals surface area contributed by atoms with Crippen LogP contribution in [-0.2, 0) is 16.1 Å². The molecular formula is C14H21BrN2O3. The van der Waals surface area contributed by atoms with Gasteiger partial charge in [0, 0.05) is 44.3 Å². The van der Waals surface area contributed by atoms with Crippen molar-refractivity contribution in [2.75, 3.05) is 41.0 Å². The normalized spacial score (nSPS) is 10.4. The number of halogens is 1. The van der Waals surface area contributed by atoms with Crippen molar-refractivity contribution in [2.24, 2.45) is 0 Å². The van der Waals surface area contributed by atoms with Gasteiger partial charge in [-0.25, -0.2) is 0 Å². The monoisotopic (exact) mass is 344 g/mol. The standard InChI is InChI=1S/C14H21BrN2O3/c1-17(2)14(18)10-20-13-5-4-12(15)8-11(13)9-16-6-7-19-3/h4-5,8,16H,6-7,9-10H2,1-3H3. The number of nitrogens with zero attached hydrogens (tertiary/aromatic N) is 1. The van der Waals surface area contributed by atoms with Crippen molar-refractivity contribution in [3.05, 3.63) is 28.2 Å². The van der Waals surface area contributed by atoms with Gasteiger partial charge in [0.25, 0.3) is 5.91 Å². The molecule has 0 spiro atoms. The first-order valence-corrected chi connectivity index (χ1v) is 7.15. The molecule has 5 nitrogen and oxygen atoms in total. The van der Waals surface area contributed by atoms with E-state index in [1.807, 2.05) is 18.2 Å². The molecule has 0 saturated carbocycles. The fraction of sp³-hybridized carbons (Fsp3) is 0.500. The number of ether oxygens (including phenoxy) is 2. The number of hydrogen-bond donors (Lipinski definition) is 1. The molecule has 0 aliphatic carbocycles. The van der Waals surface area contributed by atoms with Gasteiger partial charge in [0.1, 0.15) is 5.75 Å². The third kappa shape index (κ3) is 5.90. The maximum atomic E-state index is 11.6. The highest BCUT2D eigenvalue weighted by Crippen LogP contribution is 2.23. The minimum atomic E-state index is -0.0637. The topological polar surface area (TPSA) is 50.8 Å². The van der Waals surface area contributed by atoms with Crippen molar-refractivity contribution >= 4 is 21.8 Å². The van der Waals surface area contributed by atoms with Gasteiger partial charge in [-0.05, 0) is 18.2 Å². The molecule has 0 aliphatic rings. The Balaban J connectivity index is 2.62. The van der Waals surface area contributed by atoms with Crippen molar-refractivity contribution in [1.82, 2.24) is 10.2 Å². The quantitative estimate of drug-likeness (QED) is 0.728. The van der Waals surface area contributed by atoms with Crippen molar-refractivity contribution in [3.63, 3.8) is 0 Å². The first-order valence-electron chi connectivity index (χ1n) is 6.35. The van der Waals surface area contributed by atoms with Crippen LogP contribution in [0.3, 0.4) is 0 Å².